The molecule has 1 atom stereocenters. The highest BCUT2D eigenvalue weighted by atomic mass is 16.4. The lowest BCUT2D eigenvalue weighted by Crippen LogP contribution is -2.41. The molecule has 1 aromatic rings. The minimum atomic E-state index is -1.04. The fraction of sp³-hybridized carbons (Fsp3) is 0.467. The van der Waals surface area contributed by atoms with Crippen LogP contribution in [-0.4, -0.2) is 33.2 Å². The Hall–Kier alpha value is -2.24. The van der Waals surface area contributed by atoms with Crippen LogP contribution < -0.4 is 5.32 Å². The molecule has 1 rings (SSSR count). The molecule has 0 spiro atoms. The van der Waals surface area contributed by atoms with Gasteiger partial charge >= 0.3 is 5.97 Å². The van der Waals surface area contributed by atoms with Gasteiger partial charge in [-0.25, -0.2) is 4.79 Å². The van der Waals surface area contributed by atoms with Crippen LogP contribution in [0.15, 0.2) is 18.2 Å². The highest BCUT2D eigenvalue weighted by Gasteiger charge is 2.20. The molecule has 4 N–H and O–H groups in total. The number of phenolic OH excluding ortho intramolecular Hbond substituents is 2. The predicted molar refractivity (Wildman–Crippen MR) is 77.1 cm³/mol. The molecule has 0 heterocycles. The number of carbonyl (C=O) groups excluding carboxylic acids is 1. The fourth-order valence-corrected chi connectivity index (χ4v) is 1.94. The van der Waals surface area contributed by atoms with Crippen LogP contribution in [0.2, 0.25) is 0 Å². The zero-order valence-corrected chi connectivity index (χ0v) is 12.2. The van der Waals surface area contributed by atoms with Crippen LogP contribution in [-0.2, 0) is 16.0 Å². The Balaban J connectivity index is 2.52. The van der Waals surface area contributed by atoms with Gasteiger partial charge in [0.25, 0.3) is 0 Å². The van der Waals surface area contributed by atoms with Crippen molar-refractivity contribution < 1.29 is 24.9 Å². The Labute approximate surface area is 123 Å². The topological polar surface area (TPSA) is 107 Å². The van der Waals surface area contributed by atoms with Crippen molar-refractivity contribution in [2.75, 3.05) is 0 Å². The number of carbonyl (C=O) groups is 2. The van der Waals surface area contributed by atoms with E-state index in [2.05, 4.69) is 5.32 Å². The lowest BCUT2D eigenvalue weighted by molar-refractivity contribution is -0.142. The molecule has 0 saturated carbocycles. The molecule has 0 aliphatic heterocycles. The third kappa shape index (κ3) is 5.72. The smallest absolute Gasteiger partial charge is 0.326 e. The number of aromatic hydroxyl groups is 2. The van der Waals surface area contributed by atoms with Gasteiger partial charge in [-0.15, -0.1) is 0 Å². The second kappa shape index (κ2) is 7.52. The Morgan fingerprint density at radius 2 is 1.86 bits per heavy atom. The second-order valence-corrected chi connectivity index (χ2v) is 5.41. The SMILES string of the molecule is CC(C)CC(NC(=O)CCc1ccc(O)c(O)c1)C(=O)O. The number of hydrogen-bond donors (Lipinski definition) is 4. The number of hydrogen-bond acceptors (Lipinski definition) is 4. The van der Waals surface area contributed by atoms with Crippen LogP contribution in [0, 0.1) is 5.92 Å². The summed E-state index contributed by atoms with van der Waals surface area (Å²) in [5, 5.41) is 30.1. The molecule has 0 radical (unpaired) electrons. The first kappa shape index (κ1) is 16.8. The van der Waals surface area contributed by atoms with Crippen LogP contribution in [0.5, 0.6) is 11.5 Å². The largest absolute Gasteiger partial charge is 0.504 e. The van der Waals surface area contributed by atoms with E-state index < -0.39 is 12.0 Å². The fourth-order valence-electron chi connectivity index (χ4n) is 1.94. The van der Waals surface area contributed by atoms with Gasteiger partial charge in [-0.1, -0.05) is 19.9 Å². The molecular weight excluding hydrogens is 274 g/mol. The van der Waals surface area contributed by atoms with E-state index in [1.807, 2.05) is 13.8 Å². The third-order valence-electron chi connectivity index (χ3n) is 3.02. The van der Waals surface area contributed by atoms with Gasteiger partial charge in [-0.05, 0) is 36.5 Å². The van der Waals surface area contributed by atoms with Gasteiger partial charge in [0.05, 0.1) is 0 Å². The van der Waals surface area contributed by atoms with E-state index in [9.17, 15) is 19.8 Å². The summed E-state index contributed by atoms with van der Waals surface area (Å²) in [6.07, 6.45) is 0.848. The van der Waals surface area contributed by atoms with Crippen molar-refractivity contribution >= 4 is 11.9 Å². The van der Waals surface area contributed by atoms with Gasteiger partial charge in [-0.3, -0.25) is 4.79 Å². The van der Waals surface area contributed by atoms with Gasteiger partial charge in [0.2, 0.25) is 5.91 Å². The van der Waals surface area contributed by atoms with Gasteiger partial charge in [0, 0.05) is 6.42 Å². The van der Waals surface area contributed by atoms with E-state index in [0.717, 1.165) is 0 Å². The van der Waals surface area contributed by atoms with E-state index >= 15 is 0 Å². The quantitative estimate of drug-likeness (QED) is 0.572. The summed E-state index contributed by atoms with van der Waals surface area (Å²) in [7, 11) is 0. The standard InChI is InChI=1S/C15H21NO5/c1-9(2)7-11(15(20)21)16-14(19)6-4-10-3-5-12(17)13(18)8-10/h3,5,8-9,11,17-18H,4,6-7H2,1-2H3,(H,16,19)(H,20,21). The number of aryl methyl sites for hydroxylation is 1. The van der Waals surface area contributed by atoms with Crippen LogP contribution in [0.4, 0.5) is 0 Å². The Bertz CT molecular complexity index is 513. The van der Waals surface area contributed by atoms with Gasteiger partial charge in [0.15, 0.2) is 11.5 Å². The number of nitrogens with one attached hydrogen (secondary N) is 1. The van der Waals surface area contributed by atoms with Crippen molar-refractivity contribution in [3.63, 3.8) is 0 Å². The number of carboxylic acid groups (broad SMARTS) is 1. The molecule has 21 heavy (non-hydrogen) atoms. The molecule has 1 unspecified atom stereocenters. The first-order valence-electron chi connectivity index (χ1n) is 6.82. The molecule has 1 amide bonds. The van der Waals surface area contributed by atoms with Gasteiger partial charge < -0.3 is 20.6 Å². The summed E-state index contributed by atoms with van der Waals surface area (Å²) in [6.45, 7) is 3.78. The Morgan fingerprint density at radius 1 is 1.19 bits per heavy atom. The summed E-state index contributed by atoms with van der Waals surface area (Å²) >= 11 is 0. The number of carboxylic acids is 1. The highest BCUT2D eigenvalue weighted by molar-refractivity contribution is 5.83. The highest BCUT2D eigenvalue weighted by Crippen LogP contribution is 2.25. The maximum atomic E-state index is 11.8. The molecule has 0 saturated heterocycles. The zero-order valence-electron chi connectivity index (χ0n) is 12.2. The first-order valence-corrected chi connectivity index (χ1v) is 6.82. The molecule has 6 heteroatoms. The lowest BCUT2D eigenvalue weighted by Gasteiger charge is -2.16. The van der Waals surface area contributed by atoms with Crippen molar-refractivity contribution in [3.8, 4) is 11.5 Å². The van der Waals surface area contributed by atoms with E-state index in [4.69, 9.17) is 5.11 Å². The van der Waals surface area contributed by atoms with Crippen LogP contribution >= 0.6 is 0 Å². The Kier molecular flexibility index (Phi) is 6.02. The summed E-state index contributed by atoms with van der Waals surface area (Å²) in [5.41, 5.74) is 0.691. The average molecular weight is 295 g/mol. The molecule has 0 aliphatic carbocycles. The maximum absolute atomic E-state index is 11.8. The van der Waals surface area contributed by atoms with Crippen LogP contribution in [0.25, 0.3) is 0 Å². The first-order chi connectivity index (χ1) is 9.79. The van der Waals surface area contributed by atoms with Crippen molar-refractivity contribution in [2.45, 2.75) is 39.2 Å². The monoisotopic (exact) mass is 295 g/mol. The molecule has 0 aromatic heterocycles. The average Bonchev–Trinajstić information content (AvgIpc) is 2.38. The lowest BCUT2D eigenvalue weighted by atomic mass is 10.0. The van der Waals surface area contributed by atoms with Crippen molar-refractivity contribution in [3.05, 3.63) is 23.8 Å². The summed E-state index contributed by atoms with van der Waals surface area (Å²) in [5.74, 6) is -1.68. The zero-order chi connectivity index (χ0) is 16.0. The van der Waals surface area contributed by atoms with E-state index in [1.54, 1.807) is 6.07 Å². The molecule has 0 bridgehead atoms. The third-order valence-corrected chi connectivity index (χ3v) is 3.02. The van der Waals surface area contributed by atoms with E-state index in [0.29, 0.717) is 18.4 Å². The van der Waals surface area contributed by atoms with Crippen LogP contribution in [0.3, 0.4) is 0 Å². The molecule has 1 aromatic carbocycles. The molecule has 0 fully saturated rings. The number of phenols is 2. The minimum Gasteiger partial charge on any atom is -0.504 e. The number of benzene rings is 1. The summed E-state index contributed by atoms with van der Waals surface area (Å²) < 4.78 is 0. The normalized spacial score (nSPS) is 12.1. The van der Waals surface area contributed by atoms with Gasteiger partial charge in [0.1, 0.15) is 6.04 Å². The summed E-state index contributed by atoms with van der Waals surface area (Å²) in [4.78, 5) is 22.8. The van der Waals surface area contributed by atoms with Gasteiger partial charge in [-0.2, -0.15) is 0 Å². The molecule has 116 valence electrons. The van der Waals surface area contributed by atoms with Crippen molar-refractivity contribution in [1.29, 1.82) is 0 Å². The molecule has 0 aliphatic rings. The molecular formula is C15H21NO5. The minimum absolute atomic E-state index is 0.117. The Morgan fingerprint density at radius 3 is 2.38 bits per heavy atom. The van der Waals surface area contributed by atoms with Crippen LogP contribution in [0.1, 0.15) is 32.3 Å². The van der Waals surface area contributed by atoms with Crippen molar-refractivity contribution in [1.82, 2.24) is 5.32 Å². The predicted octanol–water partition coefficient (Wildman–Crippen LogP) is 1.65. The van der Waals surface area contributed by atoms with Crippen molar-refractivity contribution in [2.24, 2.45) is 5.92 Å². The number of rotatable bonds is 7. The molecule has 6 nitrogen and oxygen atoms in total. The number of amides is 1. The van der Waals surface area contributed by atoms with E-state index in [-0.39, 0.29) is 29.7 Å². The second-order valence-electron chi connectivity index (χ2n) is 5.41. The maximum Gasteiger partial charge on any atom is 0.326 e. The summed E-state index contributed by atoms with van der Waals surface area (Å²) in [6, 6.07) is 3.45. The number of aliphatic carboxylic acids is 1. The van der Waals surface area contributed by atoms with E-state index in [1.165, 1.54) is 12.1 Å².